The highest BCUT2D eigenvalue weighted by molar-refractivity contribution is 7.99. The van der Waals surface area contributed by atoms with Gasteiger partial charge in [-0.2, -0.15) is 0 Å². The molecule has 0 amide bonds. The van der Waals surface area contributed by atoms with E-state index in [1.54, 1.807) is 12.7 Å². The highest BCUT2D eigenvalue weighted by Crippen LogP contribution is 2.34. The first-order valence-corrected chi connectivity index (χ1v) is 7.55. The van der Waals surface area contributed by atoms with Gasteiger partial charge in [0.25, 0.3) is 0 Å². The van der Waals surface area contributed by atoms with Crippen LogP contribution in [0.2, 0.25) is 0 Å². The Labute approximate surface area is 123 Å². The van der Waals surface area contributed by atoms with Gasteiger partial charge in [-0.05, 0) is 24.1 Å². The largest absolute Gasteiger partial charge is 0.370 e. The van der Waals surface area contributed by atoms with E-state index < -0.39 is 0 Å². The van der Waals surface area contributed by atoms with E-state index >= 15 is 0 Å². The van der Waals surface area contributed by atoms with Crippen LogP contribution in [0, 0.1) is 0 Å². The molecule has 0 saturated carbocycles. The van der Waals surface area contributed by atoms with E-state index in [0.29, 0.717) is 5.92 Å². The second-order valence-electron chi connectivity index (χ2n) is 4.85. The number of nitrogens with one attached hydrogen (secondary N) is 1. The standard InChI is InChI=1S/C13H20N6S/c1-5-6-14-11-10(9(2)3)12(16-7-15-11)20-13-18-17-8-19(13)4/h7-9H,5-6H2,1-4H3,(H,14,15,16). The number of nitrogens with zero attached hydrogens (tertiary/aromatic N) is 5. The quantitative estimate of drug-likeness (QED) is 0.826. The van der Waals surface area contributed by atoms with Crippen LogP contribution in [-0.2, 0) is 7.05 Å². The third-order valence-corrected chi connectivity index (χ3v) is 3.90. The Balaban J connectivity index is 2.34. The third-order valence-electron chi connectivity index (χ3n) is 2.82. The van der Waals surface area contributed by atoms with Crippen LogP contribution in [0.4, 0.5) is 5.82 Å². The summed E-state index contributed by atoms with van der Waals surface area (Å²) in [5, 5.41) is 13.1. The van der Waals surface area contributed by atoms with Crippen molar-refractivity contribution in [1.29, 1.82) is 0 Å². The van der Waals surface area contributed by atoms with Gasteiger partial charge in [-0.25, -0.2) is 9.97 Å². The highest BCUT2D eigenvalue weighted by atomic mass is 32.2. The first-order chi connectivity index (χ1) is 9.63. The Bertz CT molecular complexity index is 566. The molecule has 0 atom stereocenters. The first-order valence-electron chi connectivity index (χ1n) is 6.74. The molecule has 0 saturated heterocycles. The van der Waals surface area contributed by atoms with Crippen molar-refractivity contribution in [3.8, 4) is 0 Å². The minimum Gasteiger partial charge on any atom is -0.370 e. The zero-order valence-electron chi connectivity index (χ0n) is 12.3. The number of hydrogen-bond donors (Lipinski definition) is 1. The lowest BCUT2D eigenvalue weighted by atomic mass is 10.1. The molecule has 0 bridgehead atoms. The van der Waals surface area contributed by atoms with Crippen LogP contribution < -0.4 is 5.32 Å². The van der Waals surface area contributed by atoms with Crippen molar-refractivity contribution in [2.75, 3.05) is 11.9 Å². The van der Waals surface area contributed by atoms with Crippen molar-refractivity contribution in [3.05, 3.63) is 18.2 Å². The summed E-state index contributed by atoms with van der Waals surface area (Å²) in [4.78, 5) is 8.79. The van der Waals surface area contributed by atoms with Crippen molar-refractivity contribution in [1.82, 2.24) is 24.7 Å². The fraction of sp³-hybridized carbons (Fsp3) is 0.538. The minimum atomic E-state index is 0.339. The van der Waals surface area contributed by atoms with Crippen LogP contribution in [0.25, 0.3) is 0 Å². The minimum absolute atomic E-state index is 0.339. The monoisotopic (exact) mass is 292 g/mol. The van der Waals surface area contributed by atoms with E-state index in [4.69, 9.17) is 0 Å². The predicted molar refractivity (Wildman–Crippen MR) is 80.0 cm³/mol. The van der Waals surface area contributed by atoms with E-state index in [-0.39, 0.29) is 0 Å². The molecule has 0 unspecified atom stereocenters. The topological polar surface area (TPSA) is 68.5 Å². The Kier molecular flexibility index (Phi) is 4.94. The van der Waals surface area contributed by atoms with Crippen LogP contribution in [-0.4, -0.2) is 31.3 Å². The fourth-order valence-electron chi connectivity index (χ4n) is 1.82. The summed E-state index contributed by atoms with van der Waals surface area (Å²) in [7, 11) is 1.93. The molecule has 1 N–H and O–H groups in total. The zero-order chi connectivity index (χ0) is 14.5. The lowest BCUT2D eigenvalue weighted by Crippen LogP contribution is -2.08. The zero-order valence-corrected chi connectivity index (χ0v) is 13.1. The Hall–Kier alpha value is -1.63. The van der Waals surface area contributed by atoms with Gasteiger partial charge in [0.2, 0.25) is 0 Å². The molecule has 2 rings (SSSR count). The van der Waals surface area contributed by atoms with Gasteiger partial charge in [-0.15, -0.1) is 10.2 Å². The van der Waals surface area contributed by atoms with Crippen molar-refractivity contribution in [3.63, 3.8) is 0 Å². The molecule has 0 spiro atoms. The van der Waals surface area contributed by atoms with Gasteiger partial charge < -0.3 is 9.88 Å². The van der Waals surface area contributed by atoms with Gasteiger partial charge in [-0.3, -0.25) is 0 Å². The Morgan fingerprint density at radius 2 is 2.15 bits per heavy atom. The van der Waals surface area contributed by atoms with Gasteiger partial charge in [-0.1, -0.05) is 20.8 Å². The van der Waals surface area contributed by atoms with Crippen molar-refractivity contribution in [2.45, 2.75) is 43.3 Å². The normalized spacial score (nSPS) is 11.1. The van der Waals surface area contributed by atoms with Crippen LogP contribution in [0.15, 0.2) is 22.8 Å². The van der Waals surface area contributed by atoms with Gasteiger partial charge in [0.1, 0.15) is 23.5 Å². The Morgan fingerprint density at radius 1 is 1.35 bits per heavy atom. The Morgan fingerprint density at radius 3 is 2.75 bits per heavy atom. The molecule has 2 aromatic heterocycles. The number of rotatable bonds is 6. The summed E-state index contributed by atoms with van der Waals surface area (Å²) in [5.41, 5.74) is 1.13. The molecule has 2 heterocycles. The van der Waals surface area contributed by atoms with Gasteiger partial charge in [0.15, 0.2) is 5.16 Å². The van der Waals surface area contributed by atoms with Crippen LogP contribution in [0.3, 0.4) is 0 Å². The average molecular weight is 292 g/mol. The smallest absolute Gasteiger partial charge is 0.197 e. The SMILES string of the molecule is CCCNc1ncnc(Sc2nncn2C)c1C(C)C. The van der Waals surface area contributed by atoms with E-state index in [1.807, 2.05) is 11.6 Å². The summed E-state index contributed by atoms with van der Waals surface area (Å²) in [6, 6.07) is 0. The number of hydrogen-bond acceptors (Lipinski definition) is 6. The molecule has 0 aliphatic rings. The van der Waals surface area contributed by atoms with E-state index in [9.17, 15) is 0 Å². The van der Waals surface area contributed by atoms with Crippen LogP contribution >= 0.6 is 11.8 Å². The molecule has 20 heavy (non-hydrogen) atoms. The van der Waals surface area contributed by atoms with E-state index in [1.165, 1.54) is 11.8 Å². The van der Waals surface area contributed by atoms with Gasteiger partial charge >= 0.3 is 0 Å². The number of aromatic nitrogens is 5. The fourth-order valence-corrected chi connectivity index (χ4v) is 2.81. The maximum Gasteiger partial charge on any atom is 0.197 e. The molecule has 0 aromatic carbocycles. The molecule has 0 aliphatic heterocycles. The maximum atomic E-state index is 4.42. The summed E-state index contributed by atoms with van der Waals surface area (Å²) < 4.78 is 1.88. The molecule has 7 heteroatoms. The third kappa shape index (κ3) is 3.27. The van der Waals surface area contributed by atoms with Crippen molar-refractivity contribution >= 4 is 17.6 Å². The van der Waals surface area contributed by atoms with Crippen LogP contribution in [0.5, 0.6) is 0 Å². The van der Waals surface area contributed by atoms with Crippen molar-refractivity contribution in [2.24, 2.45) is 7.05 Å². The second kappa shape index (κ2) is 6.69. The summed E-state index contributed by atoms with van der Waals surface area (Å²) >= 11 is 1.52. The van der Waals surface area contributed by atoms with Crippen molar-refractivity contribution < 1.29 is 0 Å². The second-order valence-corrected chi connectivity index (χ2v) is 5.81. The first kappa shape index (κ1) is 14.8. The molecular formula is C13H20N6S. The molecular weight excluding hydrogens is 272 g/mol. The lowest BCUT2D eigenvalue weighted by molar-refractivity contribution is 0.774. The number of anilines is 1. The van der Waals surface area contributed by atoms with Gasteiger partial charge in [0, 0.05) is 19.2 Å². The summed E-state index contributed by atoms with van der Waals surface area (Å²) in [6.45, 7) is 7.34. The molecule has 0 fully saturated rings. The number of aryl methyl sites for hydroxylation is 1. The molecule has 2 aromatic rings. The lowest BCUT2D eigenvalue weighted by Gasteiger charge is -2.16. The molecule has 108 valence electrons. The molecule has 0 radical (unpaired) electrons. The highest BCUT2D eigenvalue weighted by Gasteiger charge is 2.17. The molecule has 0 aliphatic carbocycles. The van der Waals surface area contributed by atoms with Gasteiger partial charge in [0.05, 0.1) is 0 Å². The predicted octanol–water partition coefficient (Wildman–Crippen LogP) is 2.70. The summed E-state index contributed by atoms with van der Waals surface area (Å²) in [5.74, 6) is 1.26. The average Bonchev–Trinajstić information content (AvgIpc) is 2.81. The maximum absolute atomic E-state index is 4.42. The van der Waals surface area contributed by atoms with E-state index in [2.05, 4.69) is 46.3 Å². The molecule has 6 nitrogen and oxygen atoms in total. The summed E-state index contributed by atoms with van der Waals surface area (Å²) in [6.07, 6.45) is 4.35. The van der Waals surface area contributed by atoms with E-state index in [0.717, 1.165) is 34.5 Å². The van der Waals surface area contributed by atoms with Crippen LogP contribution in [0.1, 0.15) is 38.7 Å².